The smallest absolute Gasteiger partial charge is 0.390 e. The molecule has 2 unspecified atom stereocenters. The second-order valence-electron chi connectivity index (χ2n) is 8.46. The number of nitrogens with zero attached hydrogens (tertiary/aromatic N) is 4. The van der Waals surface area contributed by atoms with Gasteiger partial charge in [-0.1, -0.05) is 28.9 Å². The van der Waals surface area contributed by atoms with Gasteiger partial charge in [-0.25, -0.2) is 23.2 Å². The minimum atomic E-state index is -5.74. The lowest BCUT2D eigenvalue weighted by Gasteiger charge is -2.19. The SMILES string of the molecule is O=c1[nH]c(=O)n([C@H]2C[C@H](O)[C@@H](COP(=O)(O)OP(=O)(O)OP(=O)(O)O)O2)cc1-c1cn(Cc2ccc(Cl)cc2)nn1. The fourth-order valence-electron chi connectivity index (χ4n) is 3.66. The van der Waals surface area contributed by atoms with Gasteiger partial charge >= 0.3 is 29.2 Å². The summed E-state index contributed by atoms with van der Waals surface area (Å²) in [6, 6.07) is 6.95. The molecule has 0 amide bonds. The third-order valence-electron chi connectivity index (χ3n) is 5.37. The molecule has 5 atom stereocenters. The number of benzene rings is 1. The highest BCUT2D eigenvalue weighted by Gasteiger charge is 2.43. The summed E-state index contributed by atoms with van der Waals surface area (Å²) in [4.78, 5) is 63.1. The van der Waals surface area contributed by atoms with E-state index < -0.39 is 59.8 Å². The van der Waals surface area contributed by atoms with E-state index in [-0.39, 0.29) is 17.7 Å². The highest BCUT2D eigenvalue weighted by atomic mass is 35.5. The van der Waals surface area contributed by atoms with E-state index in [1.807, 2.05) is 0 Å². The van der Waals surface area contributed by atoms with Crippen LogP contribution in [0, 0.1) is 0 Å². The van der Waals surface area contributed by atoms with Crippen LogP contribution in [-0.2, 0) is 38.1 Å². The van der Waals surface area contributed by atoms with E-state index in [1.54, 1.807) is 24.3 Å². The van der Waals surface area contributed by atoms with Crippen LogP contribution in [0.1, 0.15) is 18.2 Å². The van der Waals surface area contributed by atoms with Gasteiger partial charge in [0.1, 0.15) is 18.0 Å². The lowest BCUT2D eigenvalue weighted by Crippen LogP contribution is -2.33. The summed E-state index contributed by atoms with van der Waals surface area (Å²) in [5, 5.41) is 18.8. The van der Waals surface area contributed by atoms with Gasteiger partial charge in [-0.2, -0.15) is 8.62 Å². The van der Waals surface area contributed by atoms with E-state index >= 15 is 0 Å². The van der Waals surface area contributed by atoms with Gasteiger partial charge in [0, 0.05) is 17.6 Å². The zero-order chi connectivity index (χ0) is 30.2. The number of aromatic nitrogens is 5. The second kappa shape index (κ2) is 12.1. The van der Waals surface area contributed by atoms with Gasteiger partial charge in [-0.3, -0.25) is 18.9 Å². The number of H-pyrrole nitrogens is 1. The van der Waals surface area contributed by atoms with Crippen LogP contribution in [0.4, 0.5) is 0 Å². The topological polar surface area (TPSA) is 275 Å². The monoisotopic (exact) mass is 659 g/mol. The minimum Gasteiger partial charge on any atom is -0.390 e. The number of phosphoric ester groups is 1. The number of phosphoric acid groups is 3. The zero-order valence-electron chi connectivity index (χ0n) is 20.2. The van der Waals surface area contributed by atoms with Gasteiger partial charge in [0.2, 0.25) is 0 Å². The molecule has 2 aromatic heterocycles. The Hall–Kier alpha value is -2.34. The van der Waals surface area contributed by atoms with Gasteiger partial charge in [0.05, 0.1) is 31.0 Å². The van der Waals surface area contributed by atoms with Crippen molar-refractivity contribution in [2.45, 2.75) is 31.4 Å². The first-order chi connectivity index (χ1) is 19.0. The number of hydrogen-bond donors (Lipinski definition) is 6. The first-order valence-electron chi connectivity index (χ1n) is 11.1. The molecule has 0 radical (unpaired) electrons. The number of hydrogen-bond acceptors (Lipinski definition) is 12. The van der Waals surface area contributed by atoms with E-state index in [9.17, 15) is 38.2 Å². The fraction of sp³-hybridized carbons (Fsp3) is 0.333. The molecule has 19 nitrogen and oxygen atoms in total. The molecule has 1 aliphatic rings. The number of aromatic amines is 1. The number of rotatable bonds is 11. The minimum absolute atomic E-state index is 0.0678. The van der Waals surface area contributed by atoms with Crippen molar-refractivity contribution >= 4 is 35.1 Å². The maximum absolute atomic E-state index is 12.5. The largest absolute Gasteiger partial charge is 0.490 e. The van der Waals surface area contributed by atoms with Crippen LogP contribution in [0.5, 0.6) is 0 Å². The van der Waals surface area contributed by atoms with Crippen LogP contribution < -0.4 is 11.2 Å². The molecule has 0 aliphatic carbocycles. The number of halogens is 1. The van der Waals surface area contributed by atoms with E-state index in [0.29, 0.717) is 11.6 Å². The van der Waals surface area contributed by atoms with Gasteiger partial charge in [0.15, 0.2) is 0 Å². The van der Waals surface area contributed by atoms with E-state index in [4.69, 9.17) is 26.1 Å². The quantitative estimate of drug-likeness (QED) is 0.153. The molecule has 1 aromatic carbocycles. The van der Waals surface area contributed by atoms with Crippen molar-refractivity contribution in [3.8, 4) is 11.3 Å². The van der Waals surface area contributed by atoms with Gasteiger partial charge in [-0.15, -0.1) is 5.10 Å². The molecule has 0 spiro atoms. The Morgan fingerprint density at radius 1 is 1.05 bits per heavy atom. The average Bonchev–Trinajstić information content (AvgIpc) is 3.43. The summed E-state index contributed by atoms with van der Waals surface area (Å²) in [5.41, 5.74) is -0.815. The van der Waals surface area contributed by atoms with Crippen LogP contribution in [-0.4, -0.2) is 68.0 Å². The van der Waals surface area contributed by atoms with E-state index in [0.717, 1.165) is 16.3 Å². The number of ether oxygens (including phenoxy) is 1. The normalized spacial score (nSPS) is 22.3. The fourth-order valence-corrected chi connectivity index (χ4v) is 6.82. The Balaban J connectivity index is 1.45. The van der Waals surface area contributed by atoms with Crippen LogP contribution in [0.3, 0.4) is 0 Å². The first-order valence-corrected chi connectivity index (χ1v) is 16.0. The molecule has 3 heterocycles. The summed E-state index contributed by atoms with van der Waals surface area (Å²) in [6.45, 7) is -0.637. The summed E-state index contributed by atoms with van der Waals surface area (Å²) >= 11 is 5.88. The molecule has 3 aromatic rings. The van der Waals surface area contributed by atoms with Crippen molar-refractivity contribution in [1.82, 2.24) is 24.5 Å². The maximum atomic E-state index is 12.5. The van der Waals surface area contributed by atoms with Gasteiger partial charge < -0.3 is 29.4 Å². The van der Waals surface area contributed by atoms with E-state index in [1.165, 1.54) is 10.9 Å². The van der Waals surface area contributed by atoms with Crippen molar-refractivity contribution in [1.29, 1.82) is 0 Å². The lowest BCUT2D eigenvalue weighted by molar-refractivity contribution is -0.0449. The Morgan fingerprint density at radius 2 is 1.73 bits per heavy atom. The molecular formula is C18H21ClN5O14P3. The number of aliphatic hydroxyl groups excluding tert-OH is 1. The Morgan fingerprint density at radius 3 is 2.39 bits per heavy atom. The second-order valence-corrected chi connectivity index (χ2v) is 13.3. The molecule has 1 aliphatic heterocycles. The maximum Gasteiger partial charge on any atom is 0.490 e. The van der Waals surface area contributed by atoms with Crippen molar-refractivity contribution in [3.05, 3.63) is 68.1 Å². The average molecular weight is 660 g/mol. The molecule has 23 heteroatoms. The van der Waals surface area contributed by atoms with Crippen LogP contribution in [0.25, 0.3) is 11.3 Å². The summed E-state index contributed by atoms with van der Waals surface area (Å²) in [6.07, 6.45) is -1.70. The number of nitrogens with one attached hydrogen (secondary N) is 1. The van der Waals surface area contributed by atoms with Crippen molar-refractivity contribution in [2.75, 3.05) is 6.61 Å². The zero-order valence-corrected chi connectivity index (χ0v) is 23.7. The molecule has 4 rings (SSSR count). The standard InChI is InChI=1S/C18H21ClN5O14P3/c19-11-3-1-10(2-4-11)6-23-8-13(21-22-23)12-7-24(18(27)20-17(12)26)16-5-14(25)15(36-16)9-35-40(31,32)38-41(33,34)37-39(28,29)30/h1-4,7-8,14-16,25H,5-6,9H2,(H,31,32)(H,33,34)(H,20,26,27)(H2,28,29,30)/t14-,15+,16+/m0/s1. The molecule has 1 saturated heterocycles. The van der Waals surface area contributed by atoms with Crippen LogP contribution >= 0.6 is 35.1 Å². The summed E-state index contributed by atoms with van der Waals surface area (Å²) in [5.74, 6) is 0. The van der Waals surface area contributed by atoms with E-state index in [2.05, 4.69) is 28.4 Å². The van der Waals surface area contributed by atoms with Gasteiger partial charge in [0.25, 0.3) is 5.56 Å². The highest BCUT2D eigenvalue weighted by molar-refractivity contribution is 7.66. The van der Waals surface area contributed by atoms with Crippen molar-refractivity contribution in [3.63, 3.8) is 0 Å². The van der Waals surface area contributed by atoms with Crippen LogP contribution in [0.15, 0.2) is 46.2 Å². The third kappa shape index (κ3) is 8.59. The van der Waals surface area contributed by atoms with Crippen molar-refractivity contribution < 1.29 is 56.3 Å². The first kappa shape index (κ1) is 31.6. The molecule has 41 heavy (non-hydrogen) atoms. The van der Waals surface area contributed by atoms with Gasteiger partial charge in [-0.05, 0) is 17.7 Å². The lowest BCUT2D eigenvalue weighted by atomic mass is 10.2. The molecule has 1 fully saturated rings. The predicted octanol–water partition coefficient (Wildman–Crippen LogP) is 0.489. The Labute approximate surface area is 233 Å². The van der Waals surface area contributed by atoms with Crippen molar-refractivity contribution in [2.24, 2.45) is 0 Å². The molecule has 224 valence electrons. The molecule has 6 N–H and O–H groups in total. The molecular weight excluding hydrogens is 639 g/mol. The Bertz CT molecular complexity index is 1670. The molecule has 0 saturated carbocycles. The highest BCUT2D eigenvalue weighted by Crippen LogP contribution is 2.66. The van der Waals surface area contributed by atoms with Crippen LogP contribution in [0.2, 0.25) is 5.02 Å². The summed E-state index contributed by atoms with van der Waals surface area (Å²) < 4.78 is 53.7. The Kier molecular flexibility index (Phi) is 9.33. The number of aliphatic hydroxyl groups is 1. The third-order valence-corrected chi connectivity index (χ3v) is 9.43. The predicted molar refractivity (Wildman–Crippen MR) is 135 cm³/mol. The molecule has 0 bridgehead atoms. The summed E-state index contributed by atoms with van der Waals surface area (Å²) in [7, 11) is -16.8.